The number of oxime groups is 1. The van der Waals surface area contributed by atoms with Crippen molar-refractivity contribution < 1.29 is 81.9 Å². The number of methoxy groups -OCH3 is 2. The molecule has 0 aromatic carbocycles. The van der Waals surface area contributed by atoms with Crippen molar-refractivity contribution in [3.8, 4) is 0 Å². The molecule has 5 aliphatic rings. The third-order valence-electron chi connectivity index (χ3n) is 16.2. The first-order valence-corrected chi connectivity index (χ1v) is 27.2. The van der Waals surface area contributed by atoms with Crippen LogP contribution in [0.5, 0.6) is 0 Å². The van der Waals surface area contributed by atoms with Crippen molar-refractivity contribution in [1.82, 2.24) is 4.90 Å². The lowest BCUT2D eigenvalue weighted by Crippen LogP contribution is -2.59. The quantitative estimate of drug-likeness (QED) is 0.134. The van der Waals surface area contributed by atoms with Crippen molar-refractivity contribution in [1.29, 1.82) is 0 Å². The average molecular weight is 1040 g/mol. The van der Waals surface area contributed by atoms with Gasteiger partial charge in [0.1, 0.15) is 49.3 Å². The molecule has 5 fully saturated rings. The number of rotatable bonds is 15. The highest BCUT2D eigenvalue weighted by molar-refractivity contribution is 5.90. The van der Waals surface area contributed by atoms with E-state index in [4.69, 9.17) is 52.2 Å². The van der Waals surface area contributed by atoms with E-state index in [1.165, 1.54) is 41.1 Å². The summed E-state index contributed by atoms with van der Waals surface area (Å²) in [5, 5.41) is 39.1. The first-order valence-electron chi connectivity index (χ1n) is 27.2. The van der Waals surface area contributed by atoms with Gasteiger partial charge in [-0.25, -0.2) is 0 Å². The number of carbonyl (C=O) groups excluding carboxylic acids is 3. The highest BCUT2D eigenvalue weighted by atomic mass is 16.7. The van der Waals surface area contributed by atoms with E-state index in [-0.39, 0.29) is 43.9 Å². The number of Topliss-reactive ketones (excluding diaryl/α,β-unsaturated/α-hetero) is 1. The Morgan fingerprint density at radius 1 is 0.808 bits per heavy atom. The lowest BCUT2D eigenvalue weighted by Gasteiger charge is -2.44. The molecule has 1 unspecified atom stereocenters. The Hall–Kier alpha value is -2.40. The molecule has 0 spiro atoms. The molecule has 3 N–H and O–H groups in total. The van der Waals surface area contributed by atoms with Crippen molar-refractivity contribution in [3.63, 3.8) is 0 Å². The number of aliphatic hydroxyl groups is 3. The van der Waals surface area contributed by atoms with E-state index >= 15 is 4.79 Å². The van der Waals surface area contributed by atoms with Crippen LogP contribution in [0, 0.1) is 41.4 Å². The summed E-state index contributed by atoms with van der Waals surface area (Å²) in [4.78, 5) is 51.6. The molecule has 4 aliphatic heterocycles. The summed E-state index contributed by atoms with van der Waals surface area (Å²) >= 11 is 0. The lowest BCUT2D eigenvalue weighted by atomic mass is 9.74. The monoisotopic (exact) mass is 1040 g/mol. The summed E-state index contributed by atoms with van der Waals surface area (Å²) in [6.07, 6.45) is -7.08. The van der Waals surface area contributed by atoms with Crippen LogP contribution >= 0.6 is 0 Å². The zero-order valence-electron chi connectivity index (χ0n) is 46.8. The van der Waals surface area contributed by atoms with Crippen LogP contribution in [0.4, 0.5) is 0 Å². The van der Waals surface area contributed by atoms with E-state index in [2.05, 4.69) is 17.0 Å². The number of hydrogen-bond acceptors (Lipinski definition) is 19. The number of cyclic esters (lactones) is 1. The maximum atomic E-state index is 15.3. The molecule has 4 heterocycles. The Labute approximate surface area is 435 Å². The molecule has 0 bridgehead atoms. The molecule has 1 aliphatic carbocycles. The van der Waals surface area contributed by atoms with Gasteiger partial charge < -0.3 is 67.5 Å². The van der Waals surface area contributed by atoms with Gasteiger partial charge in [-0.3, -0.25) is 19.3 Å². The van der Waals surface area contributed by atoms with Gasteiger partial charge in [0.15, 0.2) is 24.7 Å². The van der Waals surface area contributed by atoms with Crippen LogP contribution in [-0.4, -0.2) is 182 Å². The van der Waals surface area contributed by atoms with Gasteiger partial charge in [-0.05, 0) is 72.6 Å². The Bertz CT molecular complexity index is 1780. The fourth-order valence-corrected chi connectivity index (χ4v) is 12.3. The summed E-state index contributed by atoms with van der Waals surface area (Å²) in [7, 11) is 4.33. The van der Waals surface area contributed by atoms with E-state index in [1.54, 1.807) is 27.7 Å². The number of hydrogen-bond donors (Lipinski definition) is 3. The highest BCUT2D eigenvalue weighted by Gasteiger charge is 2.51. The van der Waals surface area contributed by atoms with Crippen molar-refractivity contribution in [2.75, 3.05) is 34.5 Å². The van der Waals surface area contributed by atoms with E-state index < -0.39 is 139 Å². The van der Waals surface area contributed by atoms with Crippen molar-refractivity contribution in [2.45, 2.75) is 245 Å². The predicted molar refractivity (Wildman–Crippen MR) is 269 cm³/mol. The lowest BCUT2D eigenvalue weighted by molar-refractivity contribution is -0.305. The number of ketones is 1. The molecule has 5 rings (SSSR count). The smallest absolute Gasteiger partial charge is 0.311 e. The second-order valence-corrected chi connectivity index (χ2v) is 23.0. The van der Waals surface area contributed by atoms with Crippen LogP contribution in [0.25, 0.3) is 0 Å². The minimum absolute atomic E-state index is 0.0547. The zero-order valence-corrected chi connectivity index (χ0v) is 46.8. The van der Waals surface area contributed by atoms with Gasteiger partial charge in [-0.1, -0.05) is 66.5 Å². The largest absolute Gasteiger partial charge is 0.461 e. The zero-order chi connectivity index (χ0) is 54.2. The summed E-state index contributed by atoms with van der Waals surface area (Å²) < 4.78 is 63.8. The van der Waals surface area contributed by atoms with Gasteiger partial charge in [0.2, 0.25) is 0 Å². The Balaban J connectivity index is 1.61. The molecule has 1 saturated carbocycles. The third-order valence-corrected chi connectivity index (χ3v) is 16.2. The Morgan fingerprint density at radius 2 is 1.47 bits per heavy atom. The first kappa shape index (κ1) is 61.5. The van der Waals surface area contributed by atoms with Crippen LogP contribution in [-0.2, 0) is 66.6 Å². The van der Waals surface area contributed by atoms with Gasteiger partial charge in [0, 0.05) is 69.9 Å². The van der Waals surface area contributed by atoms with Crippen LogP contribution in [0.1, 0.15) is 141 Å². The summed E-state index contributed by atoms with van der Waals surface area (Å²) in [6.45, 7) is 24.3. The fourth-order valence-electron chi connectivity index (χ4n) is 12.3. The van der Waals surface area contributed by atoms with Crippen LogP contribution in [0.2, 0.25) is 0 Å². The van der Waals surface area contributed by atoms with E-state index in [1.807, 2.05) is 48.5 Å². The molecule has 0 amide bonds. The second-order valence-electron chi connectivity index (χ2n) is 23.0. The van der Waals surface area contributed by atoms with Crippen LogP contribution < -0.4 is 0 Å². The normalized spacial score (nSPS) is 43.3. The van der Waals surface area contributed by atoms with Gasteiger partial charge in [-0.15, -0.1) is 0 Å². The average Bonchev–Trinajstić information content (AvgIpc) is 3.82. The van der Waals surface area contributed by atoms with E-state index in [0.717, 1.165) is 19.4 Å². The van der Waals surface area contributed by atoms with E-state index in [9.17, 15) is 24.9 Å². The minimum Gasteiger partial charge on any atom is -0.461 e. The van der Waals surface area contributed by atoms with Gasteiger partial charge >= 0.3 is 11.9 Å². The topological polar surface area (TPSA) is 229 Å². The number of aliphatic hydroxyl groups excluding tert-OH is 2. The molecular weight excluding hydrogens is 949 g/mol. The predicted octanol–water partition coefficient (Wildman–Crippen LogP) is 5.59. The molecule has 73 heavy (non-hydrogen) atoms. The van der Waals surface area contributed by atoms with Crippen molar-refractivity contribution in [3.05, 3.63) is 0 Å². The Morgan fingerprint density at radius 3 is 2.08 bits per heavy atom. The maximum absolute atomic E-state index is 15.3. The first-order chi connectivity index (χ1) is 34.3. The SMILES string of the molecule is CON=C1C[C@@H](C)O[C@@H](O[C@@H]2[C@@H](C)[C@H](O[C@H]3CC(C)N(C4CCCC4)C[C@H](C)O3)[C@@H](C)C(=O)O[C@H]([C@@H](C)CO[C@@H]3O[C@H](C)[C@@H](O)[C@@H](OC)[C@H]3OC)[C@H](C)[C@@H](OC(=O)CC(C)C)[C@@H](C)C(=O)[C@@](C)(O)C[C@@H]2C)[C@@H]1O. The van der Waals surface area contributed by atoms with Crippen LogP contribution in [0.15, 0.2) is 5.16 Å². The molecule has 19 heteroatoms. The molecule has 0 radical (unpaired) electrons. The van der Waals surface area contributed by atoms with Crippen molar-refractivity contribution in [2.24, 2.45) is 46.6 Å². The standard InChI is InChI=1S/C54H94N2O17/c1-27(2)21-40(57)70-46-34(9)45(29(4)26-66-53-49(64-15)48(63-14)42(58)37(12)69-53)72-51(61)36(11)47(71-41-22-30(5)56(25-32(7)67-41)38-19-17-18-20-38)33(8)44(28(3)24-54(13,62)50(60)35(46)10)73-52-43(59)39(55-65-16)23-31(6)68-52/h27-38,41-49,52-53,58-59,62H,17-26H2,1-16H3/t28-,29-,30?,31+,32-,33+,34-,35+,36+,37+,41-,42+,43+,44-,45+,46+,47-,48+,49+,52-,53+,54-/m0/s1. The Kier molecular flexibility index (Phi) is 23.0. The maximum Gasteiger partial charge on any atom is 0.311 e. The molecule has 19 nitrogen and oxygen atoms in total. The number of nitrogens with zero attached hydrogens (tertiary/aromatic N) is 2. The van der Waals surface area contributed by atoms with Gasteiger partial charge in [0.05, 0.1) is 54.7 Å². The van der Waals surface area contributed by atoms with Crippen LogP contribution in [0.3, 0.4) is 0 Å². The van der Waals surface area contributed by atoms with Crippen molar-refractivity contribution >= 4 is 23.4 Å². The highest BCUT2D eigenvalue weighted by Crippen LogP contribution is 2.40. The molecule has 22 atom stereocenters. The molecule has 0 aromatic rings. The number of esters is 2. The van der Waals surface area contributed by atoms with Gasteiger partial charge in [0.25, 0.3) is 0 Å². The summed E-state index contributed by atoms with van der Waals surface area (Å²) in [6, 6.07) is 0.529. The van der Waals surface area contributed by atoms with Gasteiger partial charge in [-0.2, -0.15) is 0 Å². The molecule has 0 aromatic heterocycles. The minimum atomic E-state index is -2.01. The summed E-state index contributed by atoms with van der Waals surface area (Å²) in [5.74, 6) is -6.80. The number of ether oxygens (including phenoxy) is 10. The second kappa shape index (κ2) is 27.3. The third kappa shape index (κ3) is 15.4. The number of carbonyl (C=O) groups is 3. The molecule has 4 saturated heterocycles. The molecule has 422 valence electrons. The fraction of sp³-hybridized carbons (Fsp3) is 0.926. The summed E-state index contributed by atoms with van der Waals surface area (Å²) in [5.41, 5.74) is -1.69. The molecular formula is C54H94N2O17. The van der Waals surface area contributed by atoms with E-state index in [0.29, 0.717) is 18.2 Å².